The molecule has 0 bridgehead atoms. The zero-order valence-electron chi connectivity index (χ0n) is 9.58. The molecule has 0 N–H and O–H groups in total. The van der Waals surface area contributed by atoms with E-state index in [0.29, 0.717) is 13.0 Å². The third kappa shape index (κ3) is 3.50. The van der Waals surface area contributed by atoms with Gasteiger partial charge >= 0.3 is 5.97 Å². The second-order valence-electron chi connectivity index (χ2n) is 4.65. The smallest absolute Gasteiger partial charge is 0.302 e. The Hall–Kier alpha value is -1.12. The number of ether oxygens (including phenoxy) is 1. The highest BCUT2D eigenvalue weighted by Crippen LogP contribution is 2.36. The van der Waals surface area contributed by atoms with Gasteiger partial charge in [0.05, 0.1) is 6.61 Å². The van der Waals surface area contributed by atoms with Crippen molar-refractivity contribution in [3.63, 3.8) is 0 Å². The molecule has 3 nitrogen and oxygen atoms in total. The Kier molecular flexibility index (Phi) is 3.66. The zero-order valence-corrected chi connectivity index (χ0v) is 9.58. The van der Waals surface area contributed by atoms with Crippen molar-refractivity contribution in [3.8, 4) is 0 Å². The van der Waals surface area contributed by atoms with Crippen LogP contribution in [0.5, 0.6) is 0 Å². The molecule has 0 aliphatic heterocycles. The first-order chi connectivity index (χ1) is 6.92. The van der Waals surface area contributed by atoms with E-state index in [1.807, 2.05) is 6.08 Å². The maximum atomic E-state index is 11.3. The monoisotopic (exact) mass is 210 g/mol. The minimum absolute atomic E-state index is 0.0219. The largest absolute Gasteiger partial charge is 0.466 e. The number of allylic oxidation sites excluding steroid dienone is 2. The zero-order chi connectivity index (χ0) is 11.5. The summed E-state index contributed by atoms with van der Waals surface area (Å²) in [6, 6.07) is 0. The third-order valence-electron chi connectivity index (χ3n) is 2.97. The lowest BCUT2D eigenvalue weighted by Crippen LogP contribution is -2.29. The predicted molar refractivity (Wildman–Crippen MR) is 57.3 cm³/mol. The minimum atomic E-state index is -0.259. The fourth-order valence-electron chi connectivity index (χ4n) is 1.84. The van der Waals surface area contributed by atoms with E-state index >= 15 is 0 Å². The second-order valence-corrected chi connectivity index (χ2v) is 4.65. The summed E-state index contributed by atoms with van der Waals surface area (Å²) in [4.78, 5) is 21.9. The highest BCUT2D eigenvalue weighted by Gasteiger charge is 2.31. The number of hydrogen-bond donors (Lipinski definition) is 0. The molecule has 1 unspecified atom stereocenters. The van der Waals surface area contributed by atoms with E-state index in [1.165, 1.54) is 6.92 Å². The number of carbonyl (C=O) groups excluding carboxylic acids is 2. The molecule has 0 saturated carbocycles. The molecule has 1 atom stereocenters. The van der Waals surface area contributed by atoms with Crippen molar-refractivity contribution >= 4 is 11.8 Å². The van der Waals surface area contributed by atoms with Gasteiger partial charge in [-0.15, -0.1) is 0 Å². The summed E-state index contributed by atoms with van der Waals surface area (Å²) in [5.41, 5.74) is 0.0219. The summed E-state index contributed by atoms with van der Waals surface area (Å²) in [5.74, 6) is 0.182. The Morgan fingerprint density at radius 2 is 2.27 bits per heavy atom. The molecule has 1 aliphatic carbocycles. The van der Waals surface area contributed by atoms with Crippen molar-refractivity contribution in [1.82, 2.24) is 0 Å². The summed E-state index contributed by atoms with van der Waals surface area (Å²) in [7, 11) is 0. The number of ketones is 1. The standard InChI is InChI=1S/C12H18O3/c1-9(13)15-7-5-10-8-11(14)4-6-12(10,2)3/h4,6,10H,5,7-8H2,1-3H3. The predicted octanol–water partition coefficient (Wildman–Crippen LogP) is 2.11. The molecule has 15 heavy (non-hydrogen) atoms. The molecular formula is C12H18O3. The Balaban J connectivity index is 2.49. The van der Waals surface area contributed by atoms with E-state index in [-0.39, 0.29) is 23.1 Å². The van der Waals surface area contributed by atoms with Crippen molar-refractivity contribution in [3.05, 3.63) is 12.2 Å². The topological polar surface area (TPSA) is 43.4 Å². The van der Waals surface area contributed by atoms with Gasteiger partial charge in [-0.05, 0) is 23.8 Å². The van der Waals surface area contributed by atoms with Crippen LogP contribution >= 0.6 is 0 Å². The Bertz CT molecular complexity index is 289. The van der Waals surface area contributed by atoms with Crippen LogP contribution in [0.2, 0.25) is 0 Å². The summed E-state index contributed by atoms with van der Waals surface area (Å²) in [5, 5.41) is 0. The van der Waals surface area contributed by atoms with Crippen LogP contribution in [0.15, 0.2) is 12.2 Å². The number of rotatable bonds is 3. The normalized spacial score (nSPS) is 23.9. The molecule has 1 rings (SSSR count). The molecule has 0 spiro atoms. The van der Waals surface area contributed by atoms with Gasteiger partial charge in [0.2, 0.25) is 0 Å². The van der Waals surface area contributed by atoms with Crippen LogP contribution in [-0.4, -0.2) is 18.4 Å². The number of esters is 1. The van der Waals surface area contributed by atoms with Crippen LogP contribution in [-0.2, 0) is 14.3 Å². The number of hydrogen-bond acceptors (Lipinski definition) is 3. The van der Waals surface area contributed by atoms with Crippen LogP contribution in [0, 0.1) is 11.3 Å². The lowest BCUT2D eigenvalue weighted by molar-refractivity contribution is -0.141. The van der Waals surface area contributed by atoms with Gasteiger partial charge in [-0.25, -0.2) is 0 Å². The fraction of sp³-hybridized carbons (Fsp3) is 0.667. The molecule has 0 amide bonds. The van der Waals surface area contributed by atoms with E-state index in [9.17, 15) is 9.59 Å². The van der Waals surface area contributed by atoms with E-state index in [0.717, 1.165) is 6.42 Å². The van der Waals surface area contributed by atoms with Crippen molar-refractivity contribution in [2.24, 2.45) is 11.3 Å². The van der Waals surface area contributed by atoms with Crippen molar-refractivity contribution in [2.45, 2.75) is 33.6 Å². The Labute approximate surface area is 90.5 Å². The van der Waals surface area contributed by atoms with Gasteiger partial charge < -0.3 is 4.74 Å². The van der Waals surface area contributed by atoms with Gasteiger partial charge in [-0.2, -0.15) is 0 Å². The highest BCUT2D eigenvalue weighted by atomic mass is 16.5. The van der Waals surface area contributed by atoms with Crippen LogP contribution < -0.4 is 0 Å². The average Bonchev–Trinajstić information content (AvgIpc) is 2.11. The first kappa shape index (κ1) is 12.0. The van der Waals surface area contributed by atoms with Crippen molar-refractivity contribution in [2.75, 3.05) is 6.61 Å². The van der Waals surface area contributed by atoms with Gasteiger partial charge in [0, 0.05) is 13.3 Å². The van der Waals surface area contributed by atoms with Crippen LogP contribution in [0.4, 0.5) is 0 Å². The second kappa shape index (κ2) is 4.60. The molecule has 84 valence electrons. The molecule has 0 fully saturated rings. The SMILES string of the molecule is CC(=O)OCCC1CC(=O)C=CC1(C)C. The first-order valence-corrected chi connectivity index (χ1v) is 5.27. The maximum absolute atomic E-state index is 11.3. The van der Waals surface area contributed by atoms with Gasteiger partial charge in [-0.1, -0.05) is 19.9 Å². The van der Waals surface area contributed by atoms with Crippen LogP contribution in [0.25, 0.3) is 0 Å². The van der Waals surface area contributed by atoms with Gasteiger partial charge in [0.15, 0.2) is 5.78 Å². The lowest BCUT2D eigenvalue weighted by Gasteiger charge is -2.33. The third-order valence-corrected chi connectivity index (χ3v) is 2.97. The maximum Gasteiger partial charge on any atom is 0.302 e. The van der Waals surface area contributed by atoms with Crippen molar-refractivity contribution in [1.29, 1.82) is 0 Å². The van der Waals surface area contributed by atoms with E-state index in [4.69, 9.17) is 4.74 Å². The Morgan fingerprint density at radius 3 is 2.87 bits per heavy atom. The molecule has 3 heteroatoms. The minimum Gasteiger partial charge on any atom is -0.466 e. The number of carbonyl (C=O) groups is 2. The van der Waals surface area contributed by atoms with Gasteiger partial charge in [0.1, 0.15) is 0 Å². The summed E-state index contributed by atoms with van der Waals surface area (Å²) < 4.78 is 4.90. The fourth-order valence-corrected chi connectivity index (χ4v) is 1.84. The lowest BCUT2D eigenvalue weighted by atomic mass is 9.71. The Morgan fingerprint density at radius 1 is 1.60 bits per heavy atom. The molecule has 0 aromatic rings. The van der Waals surface area contributed by atoms with Crippen molar-refractivity contribution < 1.29 is 14.3 Å². The van der Waals surface area contributed by atoms with Gasteiger partial charge in [-0.3, -0.25) is 9.59 Å². The van der Waals surface area contributed by atoms with E-state index in [1.54, 1.807) is 6.08 Å². The summed E-state index contributed by atoms with van der Waals surface area (Å²) in [6.45, 7) is 6.02. The van der Waals surface area contributed by atoms with Crippen LogP contribution in [0.3, 0.4) is 0 Å². The molecule has 0 heterocycles. The summed E-state index contributed by atoms with van der Waals surface area (Å²) in [6.07, 6.45) is 4.92. The molecule has 0 saturated heterocycles. The highest BCUT2D eigenvalue weighted by molar-refractivity contribution is 5.90. The molecule has 0 aromatic heterocycles. The molecular weight excluding hydrogens is 192 g/mol. The van der Waals surface area contributed by atoms with E-state index in [2.05, 4.69) is 13.8 Å². The van der Waals surface area contributed by atoms with Gasteiger partial charge in [0.25, 0.3) is 0 Å². The molecule has 1 aliphatic rings. The molecule has 0 radical (unpaired) electrons. The quantitative estimate of drug-likeness (QED) is 0.670. The molecule has 0 aromatic carbocycles. The van der Waals surface area contributed by atoms with E-state index < -0.39 is 0 Å². The summed E-state index contributed by atoms with van der Waals surface area (Å²) >= 11 is 0. The van der Waals surface area contributed by atoms with Crippen LogP contribution in [0.1, 0.15) is 33.6 Å². The first-order valence-electron chi connectivity index (χ1n) is 5.27. The average molecular weight is 210 g/mol.